The van der Waals surface area contributed by atoms with Gasteiger partial charge in [0.25, 0.3) is 0 Å². The van der Waals surface area contributed by atoms with Crippen LogP contribution in [0.15, 0.2) is 65.3 Å². The van der Waals surface area contributed by atoms with Gasteiger partial charge >= 0.3 is 0 Å². The minimum Gasteiger partial charge on any atom is -0.468 e. The lowest BCUT2D eigenvalue weighted by atomic mass is 10.0. The fraction of sp³-hybridized carbons (Fsp3) is 0.318. The van der Waals surface area contributed by atoms with Crippen LogP contribution in [0.5, 0.6) is 0 Å². The van der Waals surface area contributed by atoms with E-state index in [0.717, 1.165) is 24.4 Å². The van der Waals surface area contributed by atoms with Gasteiger partial charge in [0, 0.05) is 6.54 Å². The molecule has 0 radical (unpaired) electrons. The third-order valence-electron chi connectivity index (χ3n) is 5.12. The molecule has 1 aliphatic rings. The molecule has 3 aromatic rings. The SMILES string of the molecule is O=C(Cc1ccc2ccccc2c1)NC[C@@H](c1ccco1)N1CCCC1. The van der Waals surface area contributed by atoms with Crippen molar-refractivity contribution in [1.82, 2.24) is 10.2 Å². The molecule has 0 unspecified atom stereocenters. The maximum Gasteiger partial charge on any atom is 0.224 e. The summed E-state index contributed by atoms with van der Waals surface area (Å²) in [4.78, 5) is 14.9. The molecular formula is C22H24N2O2. The first-order valence-corrected chi connectivity index (χ1v) is 9.31. The summed E-state index contributed by atoms with van der Waals surface area (Å²) in [6, 6.07) is 18.5. The van der Waals surface area contributed by atoms with Gasteiger partial charge in [-0.05, 0) is 54.4 Å². The predicted octanol–water partition coefficient (Wildman–Crippen LogP) is 3.93. The zero-order chi connectivity index (χ0) is 17.8. The van der Waals surface area contributed by atoms with E-state index in [4.69, 9.17) is 4.42 Å². The molecule has 134 valence electrons. The van der Waals surface area contributed by atoms with Crippen LogP contribution in [0.25, 0.3) is 10.8 Å². The first-order valence-electron chi connectivity index (χ1n) is 9.31. The summed E-state index contributed by atoms with van der Waals surface area (Å²) in [5.41, 5.74) is 1.04. The van der Waals surface area contributed by atoms with E-state index in [0.29, 0.717) is 13.0 Å². The number of nitrogens with one attached hydrogen (secondary N) is 1. The second kappa shape index (κ2) is 7.75. The van der Waals surface area contributed by atoms with Crippen LogP contribution in [0, 0.1) is 0 Å². The van der Waals surface area contributed by atoms with Gasteiger partial charge in [0.15, 0.2) is 0 Å². The number of carbonyl (C=O) groups excluding carboxylic acids is 1. The van der Waals surface area contributed by atoms with Crippen LogP contribution in [0.1, 0.15) is 30.2 Å². The van der Waals surface area contributed by atoms with E-state index in [1.165, 1.54) is 23.6 Å². The van der Waals surface area contributed by atoms with Crippen molar-refractivity contribution in [2.45, 2.75) is 25.3 Å². The molecule has 4 rings (SSSR count). The number of likely N-dealkylation sites (tertiary alicyclic amines) is 1. The molecule has 1 N–H and O–H groups in total. The Kier molecular flexibility index (Phi) is 5.02. The van der Waals surface area contributed by atoms with Crippen molar-refractivity contribution in [2.24, 2.45) is 0 Å². The molecule has 26 heavy (non-hydrogen) atoms. The second-order valence-electron chi connectivity index (χ2n) is 6.94. The normalized spacial score (nSPS) is 16.0. The van der Waals surface area contributed by atoms with Crippen molar-refractivity contribution in [3.63, 3.8) is 0 Å². The quantitative estimate of drug-likeness (QED) is 0.734. The lowest BCUT2D eigenvalue weighted by Crippen LogP contribution is -2.37. The molecule has 1 aliphatic heterocycles. The Hall–Kier alpha value is -2.59. The predicted molar refractivity (Wildman–Crippen MR) is 103 cm³/mol. The number of hydrogen-bond donors (Lipinski definition) is 1. The Morgan fingerprint density at radius 3 is 2.62 bits per heavy atom. The Labute approximate surface area is 153 Å². The number of rotatable bonds is 6. The highest BCUT2D eigenvalue weighted by atomic mass is 16.3. The molecule has 0 saturated carbocycles. The summed E-state index contributed by atoms with van der Waals surface area (Å²) < 4.78 is 5.61. The first kappa shape index (κ1) is 16.9. The largest absolute Gasteiger partial charge is 0.468 e. The second-order valence-corrected chi connectivity index (χ2v) is 6.94. The van der Waals surface area contributed by atoms with E-state index >= 15 is 0 Å². The molecule has 4 nitrogen and oxygen atoms in total. The topological polar surface area (TPSA) is 45.5 Å². The molecule has 0 aliphatic carbocycles. The number of hydrogen-bond acceptors (Lipinski definition) is 3. The van der Waals surface area contributed by atoms with Crippen LogP contribution < -0.4 is 5.32 Å². The maximum atomic E-state index is 12.5. The average molecular weight is 348 g/mol. The van der Waals surface area contributed by atoms with Gasteiger partial charge in [-0.25, -0.2) is 0 Å². The van der Waals surface area contributed by atoms with Crippen molar-refractivity contribution in [3.8, 4) is 0 Å². The van der Waals surface area contributed by atoms with Gasteiger partial charge in [-0.15, -0.1) is 0 Å². The van der Waals surface area contributed by atoms with Crippen LogP contribution in [0.2, 0.25) is 0 Å². The van der Waals surface area contributed by atoms with E-state index in [1.54, 1.807) is 6.26 Å². The van der Waals surface area contributed by atoms with Crippen LogP contribution in [-0.4, -0.2) is 30.4 Å². The van der Waals surface area contributed by atoms with Crippen molar-refractivity contribution in [3.05, 3.63) is 72.2 Å². The molecule has 2 aromatic carbocycles. The lowest BCUT2D eigenvalue weighted by Gasteiger charge is -2.26. The Balaban J connectivity index is 1.39. The number of carbonyl (C=O) groups is 1. The van der Waals surface area contributed by atoms with E-state index in [-0.39, 0.29) is 11.9 Å². The number of furan rings is 1. The van der Waals surface area contributed by atoms with Gasteiger partial charge in [-0.3, -0.25) is 9.69 Å². The molecule has 1 saturated heterocycles. The summed E-state index contributed by atoms with van der Waals surface area (Å²) >= 11 is 0. The van der Waals surface area contributed by atoms with Gasteiger partial charge in [-0.1, -0.05) is 42.5 Å². The highest BCUT2D eigenvalue weighted by Gasteiger charge is 2.25. The van der Waals surface area contributed by atoms with Crippen LogP contribution in [-0.2, 0) is 11.2 Å². The third kappa shape index (κ3) is 3.81. The Bertz CT molecular complexity index is 867. The van der Waals surface area contributed by atoms with Gasteiger partial charge in [0.2, 0.25) is 5.91 Å². The summed E-state index contributed by atoms with van der Waals surface area (Å²) in [5.74, 6) is 0.980. The number of benzene rings is 2. The number of amides is 1. The molecule has 1 aromatic heterocycles. The first-order chi connectivity index (χ1) is 12.8. The van der Waals surface area contributed by atoms with E-state index in [2.05, 4.69) is 34.5 Å². The molecule has 0 spiro atoms. The maximum absolute atomic E-state index is 12.5. The minimum atomic E-state index is 0.0519. The van der Waals surface area contributed by atoms with E-state index < -0.39 is 0 Å². The smallest absolute Gasteiger partial charge is 0.224 e. The third-order valence-corrected chi connectivity index (χ3v) is 5.12. The fourth-order valence-electron chi connectivity index (χ4n) is 3.75. The van der Waals surface area contributed by atoms with Gasteiger partial charge in [-0.2, -0.15) is 0 Å². The van der Waals surface area contributed by atoms with Crippen LogP contribution in [0.3, 0.4) is 0 Å². The van der Waals surface area contributed by atoms with E-state index in [1.807, 2.05) is 30.3 Å². The van der Waals surface area contributed by atoms with Gasteiger partial charge in [0.05, 0.1) is 18.7 Å². The monoisotopic (exact) mass is 348 g/mol. The van der Waals surface area contributed by atoms with Crippen LogP contribution in [0.4, 0.5) is 0 Å². The summed E-state index contributed by atoms with van der Waals surface area (Å²) in [7, 11) is 0. The molecule has 4 heteroatoms. The van der Waals surface area contributed by atoms with Crippen molar-refractivity contribution < 1.29 is 9.21 Å². The van der Waals surface area contributed by atoms with Crippen molar-refractivity contribution in [2.75, 3.05) is 19.6 Å². The van der Waals surface area contributed by atoms with Crippen LogP contribution >= 0.6 is 0 Å². The number of fused-ring (bicyclic) bond motifs is 1. The highest BCUT2D eigenvalue weighted by molar-refractivity contribution is 5.85. The fourth-order valence-corrected chi connectivity index (χ4v) is 3.75. The molecular weight excluding hydrogens is 324 g/mol. The van der Waals surface area contributed by atoms with Gasteiger partial charge in [0.1, 0.15) is 5.76 Å². The molecule has 0 bridgehead atoms. The van der Waals surface area contributed by atoms with Crippen molar-refractivity contribution >= 4 is 16.7 Å². The summed E-state index contributed by atoms with van der Waals surface area (Å²) in [5, 5.41) is 5.47. The molecule has 1 amide bonds. The standard InChI is InChI=1S/C22H24N2O2/c25-22(15-17-9-10-18-6-1-2-7-19(18)14-17)23-16-20(21-8-5-13-26-21)24-11-3-4-12-24/h1-2,5-10,13-14,20H,3-4,11-12,15-16H2,(H,23,25)/t20-/m0/s1. The summed E-state index contributed by atoms with van der Waals surface area (Å²) in [6.07, 6.45) is 4.52. The lowest BCUT2D eigenvalue weighted by molar-refractivity contribution is -0.120. The zero-order valence-electron chi connectivity index (χ0n) is 14.9. The molecule has 1 atom stereocenters. The zero-order valence-corrected chi connectivity index (χ0v) is 14.9. The van der Waals surface area contributed by atoms with Gasteiger partial charge < -0.3 is 9.73 Å². The Morgan fingerprint density at radius 2 is 1.85 bits per heavy atom. The average Bonchev–Trinajstić information content (AvgIpc) is 3.36. The Morgan fingerprint density at radius 1 is 1.04 bits per heavy atom. The summed E-state index contributed by atoms with van der Waals surface area (Å²) in [6.45, 7) is 2.71. The number of nitrogens with zero attached hydrogens (tertiary/aromatic N) is 1. The highest BCUT2D eigenvalue weighted by Crippen LogP contribution is 2.25. The van der Waals surface area contributed by atoms with E-state index in [9.17, 15) is 4.79 Å². The van der Waals surface area contributed by atoms with Crippen molar-refractivity contribution in [1.29, 1.82) is 0 Å². The molecule has 1 fully saturated rings. The minimum absolute atomic E-state index is 0.0519. The molecule has 2 heterocycles.